The maximum Gasteiger partial charge on any atom is 0.251 e. The smallest absolute Gasteiger partial charge is 0.251 e. The number of halogens is 3. The summed E-state index contributed by atoms with van der Waals surface area (Å²) < 4.78 is 23.9. The average Bonchev–Trinajstić information content (AvgIpc) is 2.57. The molecule has 0 aliphatic carbocycles. The third-order valence-electron chi connectivity index (χ3n) is 3.50. The van der Waals surface area contributed by atoms with Crippen LogP contribution in [0.4, 0.5) is 4.39 Å². The number of nitrogens with one attached hydrogen (secondary N) is 1. The molecule has 0 aromatic heterocycles. The highest BCUT2D eigenvalue weighted by Gasteiger charge is 2.17. The summed E-state index contributed by atoms with van der Waals surface area (Å²) in [7, 11) is 3.00. The first-order valence-corrected chi connectivity index (χ1v) is 7.80. The molecule has 0 bridgehead atoms. The Kier molecular flexibility index (Phi) is 5.91. The number of hydrogen-bond donors (Lipinski definition) is 1. The number of benzene rings is 2. The Hall–Kier alpha value is -1.98. The van der Waals surface area contributed by atoms with Gasteiger partial charge in [0.2, 0.25) is 0 Å². The number of methoxy groups -OCH3 is 2. The predicted molar refractivity (Wildman–Crippen MR) is 91.8 cm³/mol. The second kappa shape index (κ2) is 7.73. The van der Waals surface area contributed by atoms with Gasteiger partial charge in [0.1, 0.15) is 5.82 Å². The molecule has 1 atom stereocenters. The average molecular weight is 372 g/mol. The highest BCUT2D eigenvalue weighted by molar-refractivity contribution is 6.35. The van der Waals surface area contributed by atoms with Crippen molar-refractivity contribution in [3.05, 3.63) is 57.3 Å². The Morgan fingerprint density at radius 3 is 2.38 bits per heavy atom. The molecule has 0 unspecified atom stereocenters. The molecule has 2 aromatic rings. The Balaban J connectivity index is 2.22. The molecule has 4 nitrogen and oxygen atoms in total. The summed E-state index contributed by atoms with van der Waals surface area (Å²) in [5.41, 5.74) is 0.817. The van der Waals surface area contributed by atoms with Crippen LogP contribution < -0.4 is 14.8 Å². The van der Waals surface area contributed by atoms with Gasteiger partial charge in [0.25, 0.3) is 5.91 Å². The summed E-state index contributed by atoms with van der Waals surface area (Å²) in [6, 6.07) is 6.81. The maximum absolute atomic E-state index is 13.6. The molecule has 0 aliphatic rings. The van der Waals surface area contributed by atoms with Crippen LogP contribution in [-0.4, -0.2) is 20.1 Å². The zero-order chi connectivity index (χ0) is 17.9. The van der Waals surface area contributed by atoms with Gasteiger partial charge < -0.3 is 14.8 Å². The van der Waals surface area contributed by atoms with E-state index < -0.39 is 11.9 Å². The van der Waals surface area contributed by atoms with E-state index in [2.05, 4.69) is 5.32 Å². The fourth-order valence-electron chi connectivity index (χ4n) is 2.20. The van der Waals surface area contributed by atoms with Crippen LogP contribution >= 0.6 is 23.2 Å². The molecule has 0 heterocycles. The minimum absolute atomic E-state index is 0.0674. The van der Waals surface area contributed by atoms with Crippen molar-refractivity contribution in [1.29, 1.82) is 0 Å². The van der Waals surface area contributed by atoms with Gasteiger partial charge in [0.05, 0.1) is 25.3 Å². The first-order valence-electron chi connectivity index (χ1n) is 7.04. The molecule has 1 N–H and O–H groups in total. The molecule has 1 amide bonds. The lowest BCUT2D eigenvalue weighted by Crippen LogP contribution is -2.27. The van der Waals surface area contributed by atoms with Crippen LogP contribution in [0.2, 0.25) is 10.0 Å². The summed E-state index contributed by atoms with van der Waals surface area (Å²) in [5.74, 6) is 0.0106. The summed E-state index contributed by atoms with van der Waals surface area (Å²) in [5, 5.41) is 2.97. The summed E-state index contributed by atoms with van der Waals surface area (Å²) in [4.78, 5) is 12.4. The molecular weight excluding hydrogens is 356 g/mol. The van der Waals surface area contributed by atoms with Crippen LogP contribution in [0.15, 0.2) is 30.3 Å². The molecule has 0 aliphatic heterocycles. The van der Waals surface area contributed by atoms with Gasteiger partial charge in [-0.1, -0.05) is 23.2 Å². The quantitative estimate of drug-likeness (QED) is 0.778. The molecule has 0 spiro atoms. The molecule has 2 aromatic carbocycles. The van der Waals surface area contributed by atoms with E-state index in [9.17, 15) is 9.18 Å². The summed E-state index contributed by atoms with van der Waals surface area (Å²) >= 11 is 11.8. The van der Waals surface area contributed by atoms with Crippen molar-refractivity contribution in [2.24, 2.45) is 0 Å². The maximum atomic E-state index is 13.6. The van der Waals surface area contributed by atoms with E-state index in [0.717, 1.165) is 0 Å². The zero-order valence-corrected chi connectivity index (χ0v) is 14.8. The first-order chi connectivity index (χ1) is 11.4. The molecule has 0 radical (unpaired) electrons. The molecule has 24 heavy (non-hydrogen) atoms. The van der Waals surface area contributed by atoms with Crippen molar-refractivity contribution in [2.75, 3.05) is 14.2 Å². The van der Waals surface area contributed by atoms with E-state index in [1.54, 1.807) is 25.1 Å². The van der Waals surface area contributed by atoms with E-state index in [1.807, 2.05) is 0 Å². The highest BCUT2D eigenvalue weighted by Crippen LogP contribution is 2.30. The normalized spacial score (nSPS) is 11.8. The van der Waals surface area contributed by atoms with Crippen LogP contribution in [0, 0.1) is 5.82 Å². The van der Waals surface area contributed by atoms with Gasteiger partial charge in [-0.25, -0.2) is 4.39 Å². The van der Waals surface area contributed by atoms with Gasteiger partial charge in [0.15, 0.2) is 11.5 Å². The summed E-state index contributed by atoms with van der Waals surface area (Å²) in [6.45, 7) is 1.70. The van der Waals surface area contributed by atoms with Gasteiger partial charge in [0, 0.05) is 10.6 Å². The van der Waals surface area contributed by atoms with Gasteiger partial charge in [-0.3, -0.25) is 4.79 Å². The second-order valence-electron chi connectivity index (χ2n) is 5.05. The lowest BCUT2D eigenvalue weighted by Gasteiger charge is -2.17. The zero-order valence-electron chi connectivity index (χ0n) is 13.3. The van der Waals surface area contributed by atoms with E-state index in [1.165, 1.54) is 26.4 Å². The minimum atomic E-state index is -0.594. The van der Waals surface area contributed by atoms with Crippen LogP contribution in [0.5, 0.6) is 11.5 Å². The second-order valence-corrected chi connectivity index (χ2v) is 5.87. The van der Waals surface area contributed by atoms with Crippen molar-refractivity contribution in [1.82, 2.24) is 5.32 Å². The fraction of sp³-hybridized carbons (Fsp3) is 0.235. The lowest BCUT2D eigenvalue weighted by atomic mass is 10.1. The third kappa shape index (κ3) is 3.91. The first kappa shape index (κ1) is 18.4. The van der Waals surface area contributed by atoms with Gasteiger partial charge in [-0.15, -0.1) is 0 Å². The Morgan fingerprint density at radius 1 is 1.08 bits per heavy atom. The van der Waals surface area contributed by atoms with Crippen LogP contribution in [0.1, 0.15) is 28.9 Å². The lowest BCUT2D eigenvalue weighted by molar-refractivity contribution is 0.0939. The Morgan fingerprint density at radius 2 is 1.75 bits per heavy atom. The topological polar surface area (TPSA) is 47.6 Å². The van der Waals surface area contributed by atoms with Gasteiger partial charge in [-0.05, 0) is 42.8 Å². The van der Waals surface area contributed by atoms with Gasteiger partial charge in [-0.2, -0.15) is 0 Å². The van der Waals surface area contributed by atoms with E-state index >= 15 is 0 Å². The minimum Gasteiger partial charge on any atom is -0.493 e. The fourth-order valence-corrected chi connectivity index (χ4v) is 2.75. The molecule has 7 heteroatoms. The van der Waals surface area contributed by atoms with Crippen molar-refractivity contribution in [3.8, 4) is 11.5 Å². The van der Waals surface area contributed by atoms with E-state index in [0.29, 0.717) is 22.6 Å². The molecule has 128 valence electrons. The number of ether oxygens (including phenoxy) is 2. The molecule has 0 saturated heterocycles. The number of rotatable bonds is 5. The van der Waals surface area contributed by atoms with Crippen LogP contribution in [-0.2, 0) is 0 Å². The number of amides is 1. The largest absolute Gasteiger partial charge is 0.493 e. The Bertz CT molecular complexity index is 768. The SMILES string of the molecule is COc1ccc(C(=O)N[C@H](C)c2cc(F)c(Cl)cc2Cl)cc1OC. The molecular formula is C17H16Cl2FNO3. The van der Waals surface area contributed by atoms with Crippen LogP contribution in [0.3, 0.4) is 0 Å². The number of hydrogen-bond acceptors (Lipinski definition) is 3. The van der Waals surface area contributed by atoms with Crippen molar-refractivity contribution >= 4 is 29.1 Å². The van der Waals surface area contributed by atoms with E-state index in [-0.39, 0.29) is 16.0 Å². The van der Waals surface area contributed by atoms with E-state index in [4.69, 9.17) is 32.7 Å². The molecule has 2 rings (SSSR count). The van der Waals surface area contributed by atoms with Crippen molar-refractivity contribution < 1.29 is 18.7 Å². The number of carbonyl (C=O) groups excluding carboxylic acids is 1. The van der Waals surface area contributed by atoms with Crippen molar-refractivity contribution in [3.63, 3.8) is 0 Å². The monoisotopic (exact) mass is 371 g/mol. The highest BCUT2D eigenvalue weighted by atomic mass is 35.5. The third-order valence-corrected chi connectivity index (χ3v) is 4.12. The Labute approximate surface area is 149 Å². The molecule has 0 saturated carbocycles. The van der Waals surface area contributed by atoms with Crippen LogP contribution in [0.25, 0.3) is 0 Å². The standard InChI is InChI=1S/C17H16Cl2FNO3/c1-9(11-7-14(20)13(19)8-12(11)18)21-17(22)10-4-5-15(23-2)16(6-10)24-3/h4-9H,1-3H3,(H,21,22)/t9-/m1/s1. The summed E-state index contributed by atoms with van der Waals surface area (Å²) in [6.07, 6.45) is 0. The van der Waals surface area contributed by atoms with Crippen molar-refractivity contribution in [2.45, 2.75) is 13.0 Å². The molecule has 0 fully saturated rings. The predicted octanol–water partition coefficient (Wildman–Crippen LogP) is 4.64. The van der Waals surface area contributed by atoms with Gasteiger partial charge >= 0.3 is 0 Å². The number of carbonyl (C=O) groups is 1.